The van der Waals surface area contributed by atoms with Crippen LogP contribution in [-0.2, 0) is 26.9 Å². The van der Waals surface area contributed by atoms with Crippen LogP contribution in [0.3, 0.4) is 0 Å². The lowest BCUT2D eigenvalue weighted by Crippen LogP contribution is -2.45. The van der Waals surface area contributed by atoms with Gasteiger partial charge >= 0.3 is 0 Å². The number of carbonyl (C=O) groups is 1. The van der Waals surface area contributed by atoms with E-state index >= 15 is 0 Å². The number of carbonyl (C=O) groups excluding carboxylic acids is 1. The summed E-state index contributed by atoms with van der Waals surface area (Å²) in [7, 11) is -3.88. The minimum Gasteiger partial charge on any atom is -0.348 e. The first-order valence-electron chi connectivity index (χ1n) is 12.5. The van der Waals surface area contributed by atoms with Gasteiger partial charge in [-0.25, -0.2) is 8.42 Å². The van der Waals surface area contributed by atoms with Crippen molar-refractivity contribution in [2.75, 3.05) is 6.54 Å². The van der Waals surface area contributed by atoms with Crippen molar-refractivity contribution in [2.24, 2.45) is 5.92 Å². The largest absolute Gasteiger partial charge is 0.348 e. The number of sulfonamides is 1. The number of fused-ring (bicyclic) bond motifs is 2. The maximum Gasteiger partial charge on any atom is 0.241 e. The average molecular weight is 500 g/mol. The van der Waals surface area contributed by atoms with Gasteiger partial charge in [-0.3, -0.25) is 4.79 Å². The monoisotopic (exact) mass is 499 g/mol. The molecular formula is C29H29N3O3S. The Morgan fingerprint density at radius 1 is 0.944 bits per heavy atom. The molecule has 2 heterocycles. The Bertz CT molecular complexity index is 1550. The van der Waals surface area contributed by atoms with Crippen molar-refractivity contribution in [3.63, 3.8) is 0 Å². The molecule has 6 rings (SSSR count). The van der Waals surface area contributed by atoms with Gasteiger partial charge in [-0.1, -0.05) is 67.6 Å². The standard InChI is InChI=1S/C29H29N3O3S/c1-2-26-27-13-8-16-31(27)17-18-32(26)28(33)25-20-29(25,23-11-4-3-5-12-23)30-36(34,35)24-15-14-21-9-6-7-10-22(21)19-24/h3-16,19,25-26,30H,2,17-18,20H2,1H3. The summed E-state index contributed by atoms with van der Waals surface area (Å²) in [5.41, 5.74) is 1.00. The van der Waals surface area contributed by atoms with E-state index in [1.54, 1.807) is 12.1 Å². The molecule has 4 aromatic rings. The molecule has 0 bridgehead atoms. The molecule has 0 spiro atoms. The lowest BCUT2D eigenvalue weighted by molar-refractivity contribution is -0.136. The minimum absolute atomic E-state index is 0.00702. The molecule has 1 fully saturated rings. The van der Waals surface area contributed by atoms with Gasteiger partial charge in [-0.05, 0) is 53.4 Å². The van der Waals surface area contributed by atoms with Gasteiger partial charge in [0.2, 0.25) is 15.9 Å². The SMILES string of the molecule is CCC1c2cccn2CCN1C(=O)C1CC1(NS(=O)(=O)c1ccc2ccccc2c1)c1ccccc1. The molecule has 2 aliphatic rings. The molecule has 0 radical (unpaired) electrons. The van der Waals surface area contributed by atoms with Crippen LogP contribution < -0.4 is 4.72 Å². The fraction of sp³-hybridized carbons (Fsp3) is 0.276. The number of hydrogen-bond acceptors (Lipinski definition) is 3. The molecule has 1 aliphatic carbocycles. The molecule has 3 aromatic carbocycles. The van der Waals surface area contributed by atoms with E-state index in [0.717, 1.165) is 35.0 Å². The van der Waals surface area contributed by atoms with Crippen LogP contribution in [0.25, 0.3) is 10.8 Å². The van der Waals surface area contributed by atoms with Gasteiger partial charge in [0.25, 0.3) is 0 Å². The summed E-state index contributed by atoms with van der Waals surface area (Å²) in [6.45, 7) is 3.46. The Hall–Kier alpha value is -3.42. The Balaban J connectivity index is 1.34. The topological polar surface area (TPSA) is 71.4 Å². The summed E-state index contributed by atoms with van der Waals surface area (Å²) in [5.74, 6) is -0.440. The molecule has 6 nitrogen and oxygen atoms in total. The van der Waals surface area contributed by atoms with Crippen molar-refractivity contribution >= 4 is 26.7 Å². The lowest BCUT2D eigenvalue weighted by Gasteiger charge is -2.37. The van der Waals surface area contributed by atoms with E-state index in [9.17, 15) is 13.2 Å². The van der Waals surface area contributed by atoms with Crippen LogP contribution in [0.15, 0.2) is 96.0 Å². The second-order valence-corrected chi connectivity index (χ2v) is 11.5. The zero-order chi connectivity index (χ0) is 24.9. The van der Waals surface area contributed by atoms with Crippen molar-refractivity contribution in [3.05, 3.63) is 102 Å². The highest BCUT2D eigenvalue weighted by molar-refractivity contribution is 7.89. The quantitative estimate of drug-likeness (QED) is 0.413. The highest BCUT2D eigenvalue weighted by Crippen LogP contribution is 2.54. The summed E-state index contributed by atoms with van der Waals surface area (Å²) >= 11 is 0. The van der Waals surface area contributed by atoms with Crippen molar-refractivity contribution in [1.82, 2.24) is 14.2 Å². The summed E-state index contributed by atoms with van der Waals surface area (Å²) in [6, 6.07) is 26.4. The minimum atomic E-state index is -3.88. The predicted molar refractivity (Wildman–Crippen MR) is 140 cm³/mol. The number of hydrogen-bond donors (Lipinski definition) is 1. The van der Waals surface area contributed by atoms with Crippen LogP contribution in [-0.4, -0.2) is 30.3 Å². The molecule has 1 N–H and O–H groups in total. The van der Waals surface area contributed by atoms with Crippen LogP contribution in [0, 0.1) is 5.92 Å². The van der Waals surface area contributed by atoms with Gasteiger partial charge in [-0.2, -0.15) is 4.72 Å². The maximum atomic E-state index is 13.9. The maximum absolute atomic E-state index is 13.9. The van der Waals surface area contributed by atoms with Gasteiger partial charge in [-0.15, -0.1) is 0 Å². The van der Waals surface area contributed by atoms with Crippen molar-refractivity contribution in [2.45, 2.75) is 42.8 Å². The first-order valence-corrected chi connectivity index (χ1v) is 13.9. The second kappa shape index (κ2) is 8.61. The smallest absolute Gasteiger partial charge is 0.241 e. The normalized spacial score (nSPS) is 23.4. The molecule has 1 aliphatic heterocycles. The third-order valence-electron chi connectivity index (χ3n) is 7.73. The molecule has 1 amide bonds. The fourth-order valence-corrected chi connectivity index (χ4v) is 7.25. The van der Waals surface area contributed by atoms with Gasteiger partial charge < -0.3 is 9.47 Å². The average Bonchev–Trinajstić information content (AvgIpc) is 3.41. The van der Waals surface area contributed by atoms with Crippen LogP contribution in [0.1, 0.15) is 37.1 Å². The van der Waals surface area contributed by atoms with Gasteiger partial charge in [0.1, 0.15) is 0 Å². The summed E-state index contributed by atoms with van der Waals surface area (Å²) in [6.07, 6.45) is 3.31. The highest BCUT2D eigenvalue weighted by Gasteiger charge is 2.62. The summed E-state index contributed by atoms with van der Waals surface area (Å²) < 4.78 is 32.5. The van der Waals surface area contributed by atoms with Gasteiger partial charge in [0.15, 0.2) is 0 Å². The Morgan fingerprint density at radius 2 is 1.69 bits per heavy atom. The summed E-state index contributed by atoms with van der Waals surface area (Å²) in [5, 5.41) is 1.84. The van der Waals surface area contributed by atoms with Crippen LogP contribution in [0.5, 0.6) is 0 Å². The molecule has 1 saturated carbocycles. The van der Waals surface area contributed by atoms with Crippen LogP contribution in [0.2, 0.25) is 0 Å². The highest BCUT2D eigenvalue weighted by atomic mass is 32.2. The molecule has 3 atom stereocenters. The predicted octanol–water partition coefficient (Wildman–Crippen LogP) is 4.83. The first-order chi connectivity index (χ1) is 17.4. The van der Waals surface area contributed by atoms with Gasteiger partial charge in [0, 0.05) is 25.0 Å². The number of rotatable bonds is 6. The Labute approximate surface area is 211 Å². The number of amides is 1. The van der Waals surface area contributed by atoms with E-state index in [0.29, 0.717) is 13.0 Å². The molecule has 3 unspecified atom stereocenters. The molecule has 7 heteroatoms. The lowest BCUT2D eigenvalue weighted by atomic mass is 10.0. The third-order valence-corrected chi connectivity index (χ3v) is 9.24. The van der Waals surface area contributed by atoms with Crippen molar-refractivity contribution in [3.8, 4) is 0 Å². The van der Waals surface area contributed by atoms with E-state index in [1.165, 1.54) is 0 Å². The zero-order valence-corrected chi connectivity index (χ0v) is 21.0. The van der Waals surface area contributed by atoms with Crippen molar-refractivity contribution in [1.29, 1.82) is 0 Å². The number of nitrogens with zero attached hydrogens (tertiary/aromatic N) is 2. The number of nitrogens with one attached hydrogen (secondary N) is 1. The molecular weight excluding hydrogens is 470 g/mol. The zero-order valence-electron chi connectivity index (χ0n) is 20.2. The molecule has 184 valence electrons. The number of aromatic nitrogens is 1. The van der Waals surface area contributed by atoms with Gasteiger partial charge in [0.05, 0.1) is 22.4 Å². The number of benzene rings is 3. The van der Waals surface area contributed by atoms with E-state index < -0.39 is 21.5 Å². The van der Waals surface area contributed by atoms with E-state index in [-0.39, 0.29) is 16.8 Å². The molecule has 0 saturated heterocycles. The molecule has 36 heavy (non-hydrogen) atoms. The Morgan fingerprint density at radius 3 is 2.47 bits per heavy atom. The fourth-order valence-electron chi connectivity index (χ4n) is 5.78. The second-order valence-electron chi connectivity index (χ2n) is 9.79. The summed E-state index contributed by atoms with van der Waals surface area (Å²) in [4.78, 5) is 16.1. The van der Waals surface area contributed by atoms with E-state index in [2.05, 4.69) is 28.5 Å². The molecule has 1 aromatic heterocycles. The van der Waals surface area contributed by atoms with Crippen LogP contribution >= 0.6 is 0 Å². The van der Waals surface area contributed by atoms with E-state index in [4.69, 9.17) is 0 Å². The Kier molecular flexibility index (Phi) is 5.50. The van der Waals surface area contributed by atoms with Crippen LogP contribution in [0.4, 0.5) is 0 Å². The van der Waals surface area contributed by atoms with E-state index in [1.807, 2.05) is 71.6 Å². The first kappa shape index (κ1) is 23.0. The van der Waals surface area contributed by atoms with Crippen molar-refractivity contribution < 1.29 is 13.2 Å². The third kappa shape index (κ3) is 3.74.